The molecule has 11 nitrogen and oxygen atoms in total. The highest BCUT2D eigenvalue weighted by Crippen LogP contribution is 2.45. The molecule has 0 spiro atoms. The van der Waals surface area contributed by atoms with E-state index < -0.39 is 18.2 Å². The molecule has 256 valence electrons. The number of allylic oxidation sites excluding steroid dienone is 1. The minimum atomic E-state index is -0.854. The first-order chi connectivity index (χ1) is 22.6. The molecule has 47 heavy (non-hydrogen) atoms. The summed E-state index contributed by atoms with van der Waals surface area (Å²) in [6.07, 6.45) is 2.54. The summed E-state index contributed by atoms with van der Waals surface area (Å²) in [5.74, 6) is 3.56. The van der Waals surface area contributed by atoms with Crippen molar-refractivity contribution in [3.63, 3.8) is 0 Å². The molecule has 11 heteroatoms. The minimum absolute atomic E-state index is 0.293. The fourth-order valence-corrected chi connectivity index (χ4v) is 5.18. The van der Waals surface area contributed by atoms with Gasteiger partial charge >= 0.3 is 5.97 Å². The van der Waals surface area contributed by atoms with Crippen molar-refractivity contribution in [2.24, 2.45) is 0 Å². The summed E-state index contributed by atoms with van der Waals surface area (Å²) in [6, 6.07) is 10.9. The van der Waals surface area contributed by atoms with Crippen molar-refractivity contribution in [3.05, 3.63) is 59.2 Å². The normalized spacial score (nSPS) is 12.8. The summed E-state index contributed by atoms with van der Waals surface area (Å²) in [4.78, 5) is 12.2. The molecule has 0 aliphatic heterocycles. The summed E-state index contributed by atoms with van der Waals surface area (Å²) in [5.41, 5.74) is 2.38. The fraction of sp³-hybridized carbons (Fsp3) is 0.417. The monoisotopic (exact) mass is 654 g/mol. The van der Waals surface area contributed by atoms with Gasteiger partial charge in [-0.25, -0.2) is 0 Å². The first kappa shape index (κ1) is 36.5. The molecular weight excluding hydrogens is 608 g/mol. The molecule has 0 heterocycles. The van der Waals surface area contributed by atoms with Crippen molar-refractivity contribution < 1.29 is 52.2 Å². The summed E-state index contributed by atoms with van der Waals surface area (Å²) in [7, 11) is 10.8. The summed E-state index contributed by atoms with van der Waals surface area (Å²) in [5, 5.41) is 0. The number of hydrogen-bond acceptors (Lipinski definition) is 11. The minimum Gasteiger partial charge on any atom is -0.493 e. The summed E-state index contributed by atoms with van der Waals surface area (Å²) in [6.45, 7) is 7.00. The van der Waals surface area contributed by atoms with Crippen LogP contribution in [0, 0.1) is 0 Å². The number of esters is 1. The highest BCUT2D eigenvalue weighted by Gasteiger charge is 2.30. The molecule has 0 amide bonds. The molecule has 3 aromatic carbocycles. The molecule has 0 bridgehead atoms. The molecule has 3 rings (SSSR count). The number of carbonyl (C=O) groups is 1. The number of methoxy groups -OCH3 is 7. The molecule has 3 atom stereocenters. The third-order valence-corrected chi connectivity index (χ3v) is 7.24. The summed E-state index contributed by atoms with van der Waals surface area (Å²) >= 11 is 0. The van der Waals surface area contributed by atoms with Gasteiger partial charge in [-0.3, -0.25) is 4.79 Å². The van der Waals surface area contributed by atoms with E-state index in [1.54, 1.807) is 47.5 Å². The van der Waals surface area contributed by atoms with Crippen LogP contribution in [0.5, 0.6) is 51.7 Å². The van der Waals surface area contributed by atoms with E-state index in [0.29, 0.717) is 63.7 Å². The Labute approximate surface area is 277 Å². The maximum atomic E-state index is 12.2. The van der Waals surface area contributed by atoms with Crippen LogP contribution in [0.2, 0.25) is 0 Å². The standard InChI is InChI=1S/C36H46O11/c1-12-13-24-15-27(38-5)35(28(16-24)39-6)45-21(2)14-25-17-29(40-7)36(30(18-25)41-8)46-22(3)33(47-23(4)37)26-19-31(42-9)34(44-11)32(20-26)43-10/h12-13,15-22,33H,14H2,1-11H3/b13-12+/t21-,22-,33-/m1/s1. The molecule has 0 saturated heterocycles. The van der Waals surface area contributed by atoms with Gasteiger partial charge in [0.05, 0.1) is 49.8 Å². The Kier molecular flexibility index (Phi) is 13.3. The average molecular weight is 655 g/mol. The van der Waals surface area contributed by atoms with Crippen LogP contribution in [0.4, 0.5) is 0 Å². The van der Waals surface area contributed by atoms with Crippen LogP contribution in [0.1, 0.15) is 50.5 Å². The van der Waals surface area contributed by atoms with Crippen molar-refractivity contribution in [2.75, 3.05) is 49.8 Å². The largest absolute Gasteiger partial charge is 0.493 e. The van der Waals surface area contributed by atoms with E-state index in [4.69, 9.17) is 47.4 Å². The van der Waals surface area contributed by atoms with Crippen molar-refractivity contribution in [3.8, 4) is 51.7 Å². The zero-order valence-corrected chi connectivity index (χ0v) is 29.0. The highest BCUT2D eigenvalue weighted by molar-refractivity contribution is 5.67. The van der Waals surface area contributed by atoms with E-state index >= 15 is 0 Å². The molecule has 0 N–H and O–H groups in total. The van der Waals surface area contributed by atoms with Crippen LogP contribution in [0.3, 0.4) is 0 Å². The van der Waals surface area contributed by atoms with E-state index in [1.165, 1.54) is 28.3 Å². The van der Waals surface area contributed by atoms with E-state index in [-0.39, 0.29) is 6.10 Å². The Hall–Kier alpha value is -4.93. The van der Waals surface area contributed by atoms with Gasteiger partial charge in [-0.2, -0.15) is 0 Å². The molecule has 0 aliphatic rings. The molecule has 3 aromatic rings. The first-order valence-corrected chi connectivity index (χ1v) is 15.0. The van der Waals surface area contributed by atoms with Crippen molar-refractivity contribution in [1.82, 2.24) is 0 Å². The zero-order chi connectivity index (χ0) is 34.7. The molecular formula is C36H46O11. The van der Waals surface area contributed by atoms with Crippen molar-refractivity contribution in [1.29, 1.82) is 0 Å². The van der Waals surface area contributed by atoms with Crippen molar-refractivity contribution >= 4 is 12.0 Å². The predicted molar refractivity (Wildman–Crippen MR) is 178 cm³/mol. The van der Waals surface area contributed by atoms with Gasteiger partial charge in [-0.1, -0.05) is 12.2 Å². The second-order valence-corrected chi connectivity index (χ2v) is 10.5. The van der Waals surface area contributed by atoms with Gasteiger partial charge in [-0.15, -0.1) is 0 Å². The Morgan fingerprint density at radius 1 is 0.638 bits per heavy atom. The quantitative estimate of drug-likeness (QED) is 0.142. The molecule has 0 radical (unpaired) electrons. The SMILES string of the molecule is C/C=C/c1cc(OC)c(O[C@H](C)Cc2cc(OC)c(O[C@H](C)[C@@H](OC(C)=O)c3cc(OC)c(OC)c(OC)c3)c(OC)c2)c(OC)c1. The van der Waals surface area contributed by atoms with Crippen LogP contribution >= 0.6 is 0 Å². The number of ether oxygens (including phenoxy) is 10. The van der Waals surface area contributed by atoms with Crippen LogP contribution in [-0.2, 0) is 16.0 Å². The van der Waals surface area contributed by atoms with Gasteiger partial charge in [0.1, 0.15) is 12.2 Å². The predicted octanol–water partition coefficient (Wildman–Crippen LogP) is 6.86. The maximum absolute atomic E-state index is 12.2. The molecule has 0 saturated carbocycles. The first-order valence-electron chi connectivity index (χ1n) is 15.0. The lowest BCUT2D eigenvalue weighted by atomic mass is 10.0. The lowest BCUT2D eigenvalue weighted by Gasteiger charge is -2.27. The number of carbonyl (C=O) groups excluding carboxylic acids is 1. The van der Waals surface area contributed by atoms with Gasteiger partial charge in [0.25, 0.3) is 0 Å². The number of rotatable bonds is 17. The highest BCUT2D eigenvalue weighted by atomic mass is 16.6. The fourth-order valence-electron chi connectivity index (χ4n) is 5.18. The van der Waals surface area contributed by atoms with E-state index in [1.807, 2.05) is 50.3 Å². The van der Waals surface area contributed by atoms with E-state index in [2.05, 4.69) is 0 Å². The second-order valence-electron chi connectivity index (χ2n) is 10.5. The Bertz CT molecular complexity index is 1460. The van der Waals surface area contributed by atoms with E-state index in [9.17, 15) is 4.79 Å². The van der Waals surface area contributed by atoms with Crippen LogP contribution < -0.4 is 42.6 Å². The lowest BCUT2D eigenvalue weighted by Crippen LogP contribution is -2.26. The average Bonchev–Trinajstić information content (AvgIpc) is 3.06. The van der Waals surface area contributed by atoms with E-state index in [0.717, 1.165) is 11.1 Å². The molecule has 0 fully saturated rings. The zero-order valence-electron chi connectivity index (χ0n) is 29.0. The number of hydrogen-bond donors (Lipinski definition) is 0. The molecule has 0 aliphatic carbocycles. The second kappa shape index (κ2) is 17.1. The van der Waals surface area contributed by atoms with Crippen LogP contribution in [-0.4, -0.2) is 67.9 Å². The van der Waals surface area contributed by atoms with Gasteiger partial charge in [0, 0.05) is 18.9 Å². The van der Waals surface area contributed by atoms with Gasteiger partial charge < -0.3 is 47.4 Å². The van der Waals surface area contributed by atoms with Gasteiger partial charge in [0.15, 0.2) is 40.6 Å². The third-order valence-electron chi connectivity index (χ3n) is 7.24. The van der Waals surface area contributed by atoms with Gasteiger partial charge in [0.2, 0.25) is 17.2 Å². The summed E-state index contributed by atoms with van der Waals surface area (Å²) < 4.78 is 57.7. The third kappa shape index (κ3) is 8.87. The lowest BCUT2D eigenvalue weighted by molar-refractivity contribution is -0.151. The maximum Gasteiger partial charge on any atom is 0.303 e. The van der Waals surface area contributed by atoms with Gasteiger partial charge in [-0.05, 0) is 68.3 Å². The Morgan fingerprint density at radius 3 is 1.51 bits per heavy atom. The Morgan fingerprint density at radius 2 is 1.09 bits per heavy atom. The van der Waals surface area contributed by atoms with Crippen molar-refractivity contribution in [2.45, 2.75) is 52.4 Å². The molecule has 0 aromatic heterocycles. The smallest absolute Gasteiger partial charge is 0.303 e. The molecule has 0 unspecified atom stereocenters. The van der Waals surface area contributed by atoms with Crippen LogP contribution in [0.25, 0.3) is 6.08 Å². The van der Waals surface area contributed by atoms with Crippen LogP contribution in [0.15, 0.2) is 42.5 Å². The Balaban J connectivity index is 1.94. The topological polar surface area (TPSA) is 109 Å². The number of benzene rings is 3.